The van der Waals surface area contributed by atoms with Crippen LogP contribution in [-0.4, -0.2) is 49.6 Å². The van der Waals surface area contributed by atoms with E-state index in [1.54, 1.807) is 24.3 Å². The van der Waals surface area contributed by atoms with E-state index in [-0.39, 0.29) is 11.5 Å². The number of phenols is 2. The zero-order chi connectivity index (χ0) is 31.8. The maximum atomic E-state index is 14.8. The quantitative estimate of drug-likeness (QED) is 0.172. The van der Waals surface area contributed by atoms with Gasteiger partial charge in [0.15, 0.2) is 0 Å². The van der Waals surface area contributed by atoms with Crippen LogP contribution in [0.4, 0.5) is 22.7 Å². The van der Waals surface area contributed by atoms with Crippen LogP contribution in [-0.2, 0) is 12.8 Å². The van der Waals surface area contributed by atoms with E-state index in [4.69, 9.17) is 11.5 Å². The second-order valence-corrected chi connectivity index (χ2v) is 13.4. The number of aromatic hydroxyl groups is 2. The minimum atomic E-state index is -1.37. The summed E-state index contributed by atoms with van der Waals surface area (Å²) < 4.78 is 0. The van der Waals surface area contributed by atoms with Gasteiger partial charge < -0.3 is 41.7 Å². The van der Waals surface area contributed by atoms with Crippen molar-refractivity contribution in [2.45, 2.75) is 36.9 Å². The standard InChI is InChI=1S/C38H34N4O4/c1-41(2)35-19-5-3-7-21(39)27(19)31(28-20(35)6-4-8-22(28)40)33-37(45)34(38(33)46)32-29-23(43)11-9-17-13-15-42-16-14-18-10-12-24(44)30(32)26(18)36(42)25(17)29/h3-12,33-34,37-38,43-44H,13-16,39-40H2,1-2H3/q-2. The fourth-order valence-corrected chi connectivity index (χ4v) is 9.07. The minimum Gasteiger partial charge on any atom is -0.851 e. The van der Waals surface area contributed by atoms with E-state index in [1.807, 2.05) is 55.4 Å². The second kappa shape index (κ2) is 9.31. The van der Waals surface area contributed by atoms with Gasteiger partial charge in [0.25, 0.3) is 0 Å². The summed E-state index contributed by atoms with van der Waals surface area (Å²) in [6.45, 7) is 1.67. The molecule has 2 unspecified atom stereocenters. The van der Waals surface area contributed by atoms with Crippen LogP contribution in [0, 0.1) is 0 Å². The highest BCUT2D eigenvalue weighted by Gasteiger charge is 2.44. The number of rotatable bonds is 3. The normalized spacial score (nSPS) is 21.9. The van der Waals surface area contributed by atoms with Crippen LogP contribution in [0.5, 0.6) is 11.5 Å². The zero-order valence-electron chi connectivity index (χ0n) is 25.7. The van der Waals surface area contributed by atoms with Crippen LogP contribution in [0.1, 0.15) is 34.1 Å². The van der Waals surface area contributed by atoms with Crippen molar-refractivity contribution in [2.24, 2.45) is 0 Å². The molecule has 0 amide bonds. The Morgan fingerprint density at radius 3 is 1.57 bits per heavy atom. The van der Waals surface area contributed by atoms with Crippen molar-refractivity contribution >= 4 is 65.8 Å². The van der Waals surface area contributed by atoms with E-state index in [0.717, 1.165) is 70.0 Å². The minimum absolute atomic E-state index is 0.0201. The maximum absolute atomic E-state index is 14.8. The largest absolute Gasteiger partial charge is 0.851 e. The topological polar surface area (TPSA) is 145 Å². The molecule has 232 valence electrons. The Hall–Kier alpha value is -4.92. The van der Waals surface area contributed by atoms with E-state index < -0.39 is 24.0 Å². The average Bonchev–Trinajstić information content (AvgIpc) is 3.03. The fourth-order valence-electron chi connectivity index (χ4n) is 9.07. The van der Waals surface area contributed by atoms with Crippen LogP contribution >= 0.6 is 0 Å². The number of anilines is 4. The van der Waals surface area contributed by atoms with Crippen molar-refractivity contribution in [3.05, 3.63) is 82.9 Å². The Labute approximate surface area is 265 Å². The molecule has 0 radical (unpaired) electrons. The highest BCUT2D eigenvalue weighted by molar-refractivity contribution is 6.22. The molecule has 0 bridgehead atoms. The van der Waals surface area contributed by atoms with Crippen molar-refractivity contribution < 1.29 is 20.4 Å². The van der Waals surface area contributed by atoms with Gasteiger partial charge in [-0.3, -0.25) is 0 Å². The summed E-state index contributed by atoms with van der Waals surface area (Å²) in [6, 6.07) is 18.5. The predicted octanol–water partition coefficient (Wildman–Crippen LogP) is 4.20. The zero-order valence-corrected chi connectivity index (χ0v) is 25.7. The van der Waals surface area contributed by atoms with Crippen LogP contribution in [0.2, 0.25) is 0 Å². The molecular formula is C38H34N4O4-2. The highest BCUT2D eigenvalue weighted by atomic mass is 16.3. The van der Waals surface area contributed by atoms with Gasteiger partial charge in [-0.1, -0.05) is 36.4 Å². The highest BCUT2D eigenvalue weighted by Crippen LogP contribution is 2.59. The van der Waals surface area contributed by atoms with Crippen LogP contribution in [0.15, 0.2) is 60.7 Å². The first-order valence-electron chi connectivity index (χ1n) is 15.9. The molecule has 2 aliphatic heterocycles. The second-order valence-electron chi connectivity index (χ2n) is 13.4. The monoisotopic (exact) mass is 610 g/mol. The first kappa shape index (κ1) is 27.4. The predicted molar refractivity (Wildman–Crippen MR) is 182 cm³/mol. The molecule has 8 heteroatoms. The van der Waals surface area contributed by atoms with Gasteiger partial charge in [-0.15, -0.1) is 12.2 Å². The molecule has 0 aromatic heterocycles. The number of phenolic OH excluding ortho intramolecular Hbond substituents is 2. The first-order chi connectivity index (χ1) is 22.2. The number of nitrogen functional groups attached to an aromatic ring is 2. The maximum Gasteiger partial charge on any atom is 0.123 e. The molecule has 2 atom stereocenters. The summed E-state index contributed by atoms with van der Waals surface area (Å²) in [5.74, 6) is -1.91. The SMILES string of the molecule is CN(C)c1c2cccc(N)c2c(C2C([O-])C(c3c4c(O)ccc5c4c4c6c(ccc(O)c36)CCN4CC5)C2[O-])c2c(N)cccc12. The molecule has 9 rings (SSSR count). The third-order valence-electron chi connectivity index (χ3n) is 10.9. The Kier molecular flexibility index (Phi) is 5.55. The molecular weight excluding hydrogens is 576 g/mol. The summed E-state index contributed by atoms with van der Waals surface area (Å²) >= 11 is 0. The lowest BCUT2D eigenvalue weighted by Gasteiger charge is -2.62. The van der Waals surface area contributed by atoms with Gasteiger partial charge in [0, 0.05) is 81.6 Å². The summed E-state index contributed by atoms with van der Waals surface area (Å²) in [4.78, 5) is 4.33. The van der Waals surface area contributed by atoms with E-state index >= 15 is 0 Å². The van der Waals surface area contributed by atoms with E-state index in [9.17, 15) is 20.4 Å². The molecule has 6 N–H and O–H groups in total. The van der Waals surface area contributed by atoms with E-state index in [2.05, 4.69) is 4.90 Å². The van der Waals surface area contributed by atoms with E-state index in [1.165, 1.54) is 0 Å². The Balaban J connectivity index is 1.35. The van der Waals surface area contributed by atoms with Gasteiger partial charge in [-0.05, 0) is 71.2 Å². The number of fused-ring (bicyclic) bond motifs is 2. The fraction of sp³-hybridized carbons (Fsp3) is 0.263. The summed E-state index contributed by atoms with van der Waals surface area (Å²) in [7, 11) is 3.91. The summed E-state index contributed by atoms with van der Waals surface area (Å²) in [6.07, 6.45) is -1.15. The van der Waals surface area contributed by atoms with Crippen molar-refractivity contribution in [1.82, 2.24) is 0 Å². The molecule has 0 spiro atoms. The lowest BCUT2D eigenvalue weighted by molar-refractivity contribution is -0.535. The lowest BCUT2D eigenvalue weighted by atomic mass is 9.60. The molecule has 1 fully saturated rings. The van der Waals surface area contributed by atoms with Gasteiger partial charge in [0.05, 0.1) is 11.4 Å². The Bertz CT molecular complexity index is 2170. The average molecular weight is 611 g/mol. The number of hydrogen-bond acceptors (Lipinski definition) is 8. The molecule has 8 nitrogen and oxygen atoms in total. The molecule has 1 aliphatic carbocycles. The van der Waals surface area contributed by atoms with Crippen LogP contribution < -0.4 is 31.5 Å². The molecule has 0 saturated heterocycles. The van der Waals surface area contributed by atoms with Gasteiger partial charge in [-0.25, -0.2) is 0 Å². The van der Waals surface area contributed by atoms with Gasteiger partial charge in [0.2, 0.25) is 0 Å². The third-order valence-corrected chi connectivity index (χ3v) is 10.9. The molecule has 46 heavy (non-hydrogen) atoms. The van der Waals surface area contributed by atoms with Crippen molar-refractivity contribution in [3.63, 3.8) is 0 Å². The Morgan fingerprint density at radius 2 is 1.11 bits per heavy atom. The van der Waals surface area contributed by atoms with Crippen molar-refractivity contribution in [1.29, 1.82) is 0 Å². The molecule has 6 aromatic rings. The van der Waals surface area contributed by atoms with Crippen LogP contribution in [0.3, 0.4) is 0 Å². The molecule has 6 aromatic carbocycles. The van der Waals surface area contributed by atoms with Crippen molar-refractivity contribution in [3.8, 4) is 11.5 Å². The van der Waals surface area contributed by atoms with Crippen LogP contribution in [0.25, 0.3) is 43.1 Å². The summed E-state index contributed by atoms with van der Waals surface area (Å²) in [5.41, 5.74) is 19.4. The van der Waals surface area contributed by atoms with Gasteiger partial charge >= 0.3 is 0 Å². The third kappa shape index (κ3) is 3.30. The number of benzene rings is 6. The number of hydrogen-bond donors (Lipinski definition) is 4. The smallest absolute Gasteiger partial charge is 0.123 e. The molecule has 1 saturated carbocycles. The van der Waals surface area contributed by atoms with Gasteiger partial charge in [-0.2, -0.15) is 0 Å². The van der Waals surface area contributed by atoms with Crippen molar-refractivity contribution in [2.75, 3.05) is 48.5 Å². The van der Waals surface area contributed by atoms with Gasteiger partial charge in [0.1, 0.15) is 11.5 Å². The molecule has 2 heterocycles. The number of nitrogens with two attached hydrogens (primary N) is 2. The molecule has 3 aliphatic rings. The number of nitrogens with zero attached hydrogens (tertiary/aromatic N) is 2. The Morgan fingerprint density at radius 1 is 0.652 bits per heavy atom. The van der Waals surface area contributed by atoms with E-state index in [0.29, 0.717) is 44.0 Å². The lowest BCUT2D eigenvalue weighted by Crippen LogP contribution is -2.63. The summed E-state index contributed by atoms with van der Waals surface area (Å²) in [5, 5.41) is 58.5. The first-order valence-corrected chi connectivity index (χ1v) is 15.9.